The molecule has 0 radical (unpaired) electrons. The van der Waals surface area contributed by atoms with Gasteiger partial charge in [-0.05, 0) is 162 Å². The van der Waals surface area contributed by atoms with Crippen molar-refractivity contribution in [2.75, 3.05) is 33.0 Å². The Morgan fingerprint density at radius 3 is 1.37 bits per heavy atom. The number of alkyl halides is 12. The lowest BCUT2D eigenvalue weighted by Crippen LogP contribution is -2.53. The minimum absolute atomic E-state index is 0.0116. The third-order valence-electron chi connectivity index (χ3n) is 17.6. The van der Waals surface area contributed by atoms with Crippen molar-refractivity contribution in [3.63, 3.8) is 0 Å². The van der Waals surface area contributed by atoms with Crippen LogP contribution in [0.2, 0.25) is 0 Å². The van der Waals surface area contributed by atoms with E-state index in [1.165, 1.54) is 59.9 Å². The van der Waals surface area contributed by atoms with Gasteiger partial charge < -0.3 is 68.9 Å². The van der Waals surface area contributed by atoms with E-state index in [0.29, 0.717) is 59.2 Å². The van der Waals surface area contributed by atoms with Gasteiger partial charge in [0.15, 0.2) is 6.10 Å². The number of ether oxygens (including phenoxy) is 7. The van der Waals surface area contributed by atoms with Crippen LogP contribution in [0.15, 0.2) is 127 Å². The van der Waals surface area contributed by atoms with E-state index in [2.05, 4.69) is 51.0 Å². The van der Waals surface area contributed by atoms with Gasteiger partial charge in [0.1, 0.15) is 63.2 Å². The molecule has 1 fully saturated rings. The quantitative estimate of drug-likeness (QED) is 0.0764. The molecule has 2 unspecified atom stereocenters. The van der Waals surface area contributed by atoms with Crippen LogP contribution in [0.25, 0.3) is 0 Å². The Kier molecular flexibility index (Phi) is 20.5. The lowest BCUT2D eigenvalue weighted by Gasteiger charge is -2.33. The molecule has 0 saturated heterocycles. The van der Waals surface area contributed by atoms with Gasteiger partial charge in [0.25, 0.3) is 5.60 Å². The number of aromatic hydroxyl groups is 7. The third kappa shape index (κ3) is 16.5. The SMILES string of the molecule is CC1(C)CCOc2ccc(O)cc21.CC1(C)COCc2ccc(O)cc21.CC1(C)COc2ccc(O)cc21.Oc1ccc2c(c1)C(C(F)(F)F)(C(F)(F)F)OC2.Oc1ccc2c(c1)C(C(F)(F)F)OC2.Oc1ccc2c(c1)C(CC(F)(F)F)CO2.Oc1ccc2c(c1)C1(CC1)CO2. The highest BCUT2D eigenvalue weighted by Crippen LogP contribution is 2.58. The summed E-state index contributed by atoms with van der Waals surface area (Å²) in [6.45, 7) is 15.7. The Morgan fingerprint density at radius 1 is 0.402 bits per heavy atom. The number of halogens is 12. The van der Waals surface area contributed by atoms with Gasteiger partial charge in [-0.1, -0.05) is 59.7 Å². The van der Waals surface area contributed by atoms with Gasteiger partial charge in [0.2, 0.25) is 0 Å². The molecular weight excluding hydrogens is 1300 g/mol. The first-order chi connectivity index (χ1) is 45.1. The molecule has 7 N–H and O–H groups in total. The van der Waals surface area contributed by atoms with Crippen molar-refractivity contribution >= 4 is 0 Å². The molecule has 0 aromatic heterocycles. The first-order valence-corrected chi connectivity index (χ1v) is 30.5. The zero-order valence-corrected chi connectivity index (χ0v) is 53.3. The topological polar surface area (TPSA) is 206 Å². The predicted molar refractivity (Wildman–Crippen MR) is 329 cm³/mol. The summed E-state index contributed by atoms with van der Waals surface area (Å²) in [5.74, 6) is 2.93. The summed E-state index contributed by atoms with van der Waals surface area (Å²) in [6.07, 6.45) is -19.3. The fourth-order valence-corrected chi connectivity index (χ4v) is 12.1. The standard InChI is InChI=1S/2C11H14O2.C10H6F6O2.C10H9F3O2.C10H10O2.C10H12O2.C9H7F3O2/c1-11(2)7-13-6-8-3-4-9(12)5-10(8)11;1-11(2)5-6-13-10-4-3-8(12)7-9(10)11;11-9(12,13)8(10(14,15)16)7-3-6(17)2-1-5(7)4-18-8;11-10(12,13)4-6-5-15-9-2-1-7(14)3-8(6)9;11-7-1-2-9-8(5-7)10(3-4-10)6-12-9;1-10(2)6-12-9-4-3-7(11)5-8(9)10;10-9(11,12)8-7-3-6(13)2-1-5(7)4-14-8/h3-5,12H,6-7H2,1-2H3;3-4,7,12H,5-6H2,1-2H3;1-3,17H,4H2;1-3,6,14H,4-5H2;1-2,5,11H,3-4,6H2;3-5,11H,6H2,1-2H3;1-3,8,13H,4H2. The molecule has 2 atom stereocenters. The summed E-state index contributed by atoms with van der Waals surface area (Å²) >= 11 is 0. The summed E-state index contributed by atoms with van der Waals surface area (Å²) in [7, 11) is 0. The second-order valence-corrected chi connectivity index (χ2v) is 26.5. The number of fused-ring (bicyclic) bond motifs is 8. The van der Waals surface area contributed by atoms with Crippen molar-refractivity contribution in [1.29, 1.82) is 0 Å². The lowest BCUT2D eigenvalue weighted by molar-refractivity contribution is -0.385. The molecule has 0 amide bonds. The number of hydrogen-bond donors (Lipinski definition) is 7. The van der Waals surface area contributed by atoms with E-state index >= 15 is 0 Å². The zero-order chi connectivity index (χ0) is 71.1. The van der Waals surface area contributed by atoms with E-state index in [4.69, 9.17) is 33.9 Å². The number of hydrogen-bond acceptors (Lipinski definition) is 14. The summed E-state index contributed by atoms with van der Waals surface area (Å²) in [4.78, 5) is 0. The Labute approximate surface area is 550 Å². The molecular formula is C71H72F12O14. The molecule has 15 rings (SSSR count). The van der Waals surface area contributed by atoms with E-state index in [1.54, 1.807) is 36.4 Å². The monoisotopic (exact) mass is 1380 g/mol. The second kappa shape index (κ2) is 27.4. The van der Waals surface area contributed by atoms with Crippen molar-refractivity contribution < 1.29 is 122 Å². The van der Waals surface area contributed by atoms with Gasteiger partial charge in [-0.3, -0.25) is 0 Å². The van der Waals surface area contributed by atoms with Gasteiger partial charge >= 0.3 is 24.7 Å². The normalized spacial score (nSPS) is 19.7. The molecule has 7 aliphatic heterocycles. The molecule has 97 heavy (non-hydrogen) atoms. The molecule has 7 aromatic carbocycles. The average molecular weight is 1380 g/mol. The van der Waals surface area contributed by atoms with E-state index < -0.39 is 66.7 Å². The fourth-order valence-electron chi connectivity index (χ4n) is 12.1. The van der Waals surface area contributed by atoms with Gasteiger partial charge in [0.05, 0.1) is 59.3 Å². The van der Waals surface area contributed by atoms with Crippen LogP contribution >= 0.6 is 0 Å². The first kappa shape index (κ1) is 72.6. The van der Waals surface area contributed by atoms with Crippen molar-refractivity contribution in [2.24, 2.45) is 0 Å². The molecule has 1 spiro atoms. The molecule has 7 heterocycles. The fraction of sp³-hybridized carbons (Fsp3) is 0.408. The summed E-state index contributed by atoms with van der Waals surface area (Å²) < 4.78 is 186. The van der Waals surface area contributed by atoms with Gasteiger partial charge in [-0.2, -0.15) is 52.7 Å². The van der Waals surface area contributed by atoms with Crippen molar-refractivity contribution in [2.45, 2.75) is 151 Å². The highest BCUT2D eigenvalue weighted by Gasteiger charge is 2.75. The van der Waals surface area contributed by atoms with Crippen LogP contribution in [-0.4, -0.2) is 93.5 Å². The van der Waals surface area contributed by atoms with E-state index in [0.717, 1.165) is 72.8 Å². The minimum atomic E-state index is -5.66. The number of phenols is 7. The number of phenolic OH excluding ortho intramolecular Hbond substituents is 7. The molecule has 8 aliphatic rings. The van der Waals surface area contributed by atoms with Gasteiger partial charge in [0, 0.05) is 50.0 Å². The zero-order valence-electron chi connectivity index (χ0n) is 53.3. The van der Waals surface area contributed by atoms with Gasteiger partial charge in [-0.25, -0.2) is 0 Å². The molecule has 524 valence electrons. The number of benzene rings is 7. The third-order valence-corrected chi connectivity index (χ3v) is 17.6. The van der Waals surface area contributed by atoms with Crippen LogP contribution in [0.3, 0.4) is 0 Å². The Balaban J connectivity index is 0.000000133. The molecule has 14 nitrogen and oxygen atoms in total. The lowest BCUT2D eigenvalue weighted by atomic mass is 9.80. The Hall–Kier alpha value is -8.62. The van der Waals surface area contributed by atoms with E-state index in [9.17, 15) is 78.2 Å². The van der Waals surface area contributed by atoms with Gasteiger partial charge in [-0.15, -0.1) is 0 Å². The maximum Gasteiger partial charge on any atom is 0.430 e. The van der Waals surface area contributed by atoms with Crippen molar-refractivity contribution in [3.05, 3.63) is 183 Å². The van der Waals surface area contributed by atoms with Crippen LogP contribution in [0.1, 0.15) is 135 Å². The highest BCUT2D eigenvalue weighted by molar-refractivity contribution is 5.52. The second-order valence-electron chi connectivity index (χ2n) is 26.5. The average Bonchev–Trinajstić information content (AvgIpc) is 1.60. The summed E-state index contributed by atoms with van der Waals surface area (Å²) in [5.41, 5.74) is 1.48. The first-order valence-electron chi connectivity index (χ1n) is 30.5. The minimum Gasteiger partial charge on any atom is -0.508 e. The molecule has 1 saturated carbocycles. The molecule has 26 heteroatoms. The van der Waals surface area contributed by atoms with Crippen LogP contribution in [0.4, 0.5) is 52.7 Å². The van der Waals surface area contributed by atoms with Crippen LogP contribution in [0.5, 0.6) is 63.2 Å². The Morgan fingerprint density at radius 2 is 0.835 bits per heavy atom. The highest BCUT2D eigenvalue weighted by atomic mass is 19.4. The van der Waals surface area contributed by atoms with E-state index in [1.807, 2.05) is 36.4 Å². The maximum atomic E-state index is 12.8. The van der Waals surface area contributed by atoms with Crippen LogP contribution < -0.4 is 18.9 Å². The summed E-state index contributed by atoms with van der Waals surface area (Å²) in [6, 6.07) is 32.0. The van der Waals surface area contributed by atoms with Crippen LogP contribution in [-0.2, 0) is 61.3 Å². The largest absolute Gasteiger partial charge is 0.508 e. The number of rotatable bonds is 1. The molecule has 0 bridgehead atoms. The van der Waals surface area contributed by atoms with E-state index in [-0.39, 0.29) is 57.5 Å². The van der Waals surface area contributed by atoms with Crippen molar-refractivity contribution in [3.8, 4) is 63.2 Å². The molecule has 7 aromatic rings. The Bertz CT molecular complexity index is 3810. The smallest absolute Gasteiger partial charge is 0.430 e. The maximum absolute atomic E-state index is 12.8. The molecule has 1 aliphatic carbocycles. The van der Waals surface area contributed by atoms with Crippen LogP contribution in [0, 0.1) is 0 Å². The van der Waals surface area contributed by atoms with Crippen molar-refractivity contribution in [1.82, 2.24) is 0 Å². The summed E-state index contributed by atoms with van der Waals surface area (Å²) in [5, 5.41) is 64.6. The predicted octanol–water partition coefficient (Wildman–Crippen LogP) is 17.1.